The number of pyridine rings is 1. The Morgan fingerprint density at radius 2 is 1.88 bits per heavy atom. The lowest BCUT2D eigenvalue weighted by molar-refractivity contribution is -0.142. The van der Waals surface area contributed by atoms with Crippen LogP contribution in [-0.2, 0) is 24.4 Å². The number of sulfonamides is 1. The highest BCUT2D eigenvalue weighted by Gasteiger charge is 2.63. The number of hydrogen-bond donors (Lipinski definition) is 4. The molecule has 3 heterocycles. The molecule has 2 saturated carbocycles. The molecule has 4 N–H and O–H groups in total. The molecule has 0 radical (unpaired) electrons. The van der Waals surface area contributed by atoms with Crippen LogP contribution in [0, 0.1) is 17.8 Å². The number of ether oxygens (including phenoxy) is 2. The van der Waals surface area contributed by atoms with Gasteiger partial charge in [-0.15, -0.1) is 0 Å². The zero-order chi connectivity index (χ0) is 36.0. The summed E-state index contributed by atoms with van der Waals surface area (Å²) in [4.78, 5) is 60.0. The fraction of sp³-hybridized carbons (Fsp3) is 0.571. The number of methoxy groups -OCH3 is 1. The summed E-state index contributed by atoms with van der Waals surface area (Å²) in [6.45, 7) is 5.36. The fourth-order valence-corrected chi connectivity index (χ4v) is 8.62. The van der Waals surface area contributed by atoms with E-state index in [1.165, 1.54) is 4.90 Å². The van der Waals surface area contributed by atoms with Crippen LogP contribution in [0.2, 0.25) is 0 Å². The Kier molecular flexibility index (Phi) is 9.48. The molecular formula is C35H45N5O9S. The molecule has 4 aliphatic rings. The van der Waals surface area contributed by atoms with Crippen LogP contribution < -0.4 is 24.8 Å². The van der Waals surface area contributed by atoms with Crippen LogP contribution in [0.15, 0.2) is 42.6 Å². The van der Waals surface area contributed by atoms with Crippen molar-refractivity contribution in [3.8, 4) is 11.6 Å². The maximum atomic E-state index is 14.3. The second-order valence-corrected chi connectivity index (χ2v) is 16.8. The molecule has 2 aliphatic carbocycles. The van der Waals surface area contributed by atoms with Crippen molar-refractivity contribution in [2.24, 2.45) is 17.8 Å². The molecule has 6 rings (SSSR count). The average Bonchev–Trinajstić information content (AvgIpc) is 3.95. The molecule has 50 heavy (non-hydrogen) atoms. The van der Waals surface area contributed by atoms with Gasteiger partial charge < -0.3 is 30.1 Å². The first-order valence-corrected chi connectivity index (χ1v) is 18.6. The minimum atomic E-state index is -3.99. The number of nitrogens with one attached hydrogen (secondary N) is 3. The molecule has 2 aromatic rings. The summed E-state index contributed by atoms with van der Waals surface area (Å²) in [5, 5.41) is 16.4. The van der Waals surface area contributed by atoms with E-state index in [9.17, 15) is 32.7 Å². The van der Waals surface area contributed by atoms with Crippen molar-refractivity contribution in [1.29, 1.82) is 0 Å². The summed E-state index contributed by atoms with van der Waals surface area (Å²) in [6, 6.07) is 4.90. The smallest absolute Gasteiger partial charge is 0.405 e. The van der Waals surface area contributed by atoms with E-state index < -0.39 is 74.1 Å². The molecule has 0 unspecified atom stereocenters. The predicted molar refractivity (Wildman–Crippen MR) is 183 cm³/mol. The van der Waals surface area contributed by atoms with Gasteiger partial charge >= 0.3 is 6.09 Å². The molecule has 2 aliphatic heterocycles. The van der Waals surface area contributed by atoms with E-state index in [0.29, 0.717) is 36.8 Å². The van der Waals surface area contributed by atoms with Gasteiger partial charge in [0.25, 0.3) is 5.91 Å². The zero-order valence-electron chi connectivity index (χ0n) is 28.7. The van der Waals surface area contributed by atoms with Gasteiger partial charge in [0.2, 0.25) is 27.7 Å². The molecule has 1 aromatic carbocycles. The van der Waals surface area contributed by atoms with Crippen LogP contribution in [0.3, 0.4) is 0 Å². The molecule has 4 amide bonds. The number of carbonyl (C=O) groups excluding carboxylic acids is 3. The van der Waals surface area contributed by atoms with Crippen molar-refractivity contribution in [3.63, 3.8) is 0 Å². The van der Waals surface area contributed by atoms with Gasteiger partial charge in [0.05, 0.1) is 18.4 Å². The lowest BCUT2D eigenvalue weighted by atomic mass is 9.88. The molecule has 15 heteroatoms. The molecule has 3 fully saturated rings. The van der Waals surface area contributed by atoms with Crippen LogP contribution in [0.5, 0.6) is 11.6 Å². The number of allylic oxidation sites excluding steroid dienone is 1. The first-order valence-electron chi connectivity index (χ1n) is 17.1. The number of benzene rings is 1. The lowest BCUT2D eigenvalue weighted by Crippen LogP contribution is -2.59. The van der Waals surface area contributed by atoms with E-state index in [4.69, 9.17) is 9.47 Å². The largest absolute Gasteiger partial charge is 0.496 e. The highest BCUT2D eigenvalue weighted by molar-refractivity contribution is 7.91. The Morgan fingerprint density at radius 3 is 2.58 bits per heavy atom. The Hall–Kier alpha value is -4.40. The molecular weight excluding hydrogens is 666 g/mol. The van der Waals surface area contributed by atoms with Crippen LogP contribution in [0.25, 0.3) is 10.8 Å². The molecule has 1 saturated heterocycles. The summed E-state index contributed by atoms with van der Waals surface area (Å²) in [5.74, 6) is -1.92. The van der Waals surface area contributed by atoms with Gasteiger partial charge in [0, 0.05) is 29.3 Å². The summed E-state index contributed by atoms with van der Waals surface area (Å²) in [6.07, 6.45) is 6.25. The first-order chi connectivity index (χ1) is 23.7. The SMILES string of the molecule is COc1cccc2c(O[C@@H]3C[C@H]4C(=O)N[C@]5(C(=O)NS(=O)(=O)C6(C)CC6)C[C@H]5/C=C\CC[C@@H](C)C[C@@H](C)[C@H](NC(=O)O)C(=O)N4C3)nccc12. The Labute approximate surface area is 291 Å². The molecule has 0 bridgehead atoms. The van der Waals surface area contributed by atoms with Crippen LogP contribution >= 0.6 is 0 Å². The van der Waals surface area contributed by atoms with Gasteiger partial charge in [-0.2, -0.15) is 0 Å². The van der Waals surface area contributed by atoms with Crippen molar-refractivity contribution in [2.45, 2.75) is 94.2 Å². The van der Waals surface area contributed by atoms with Gasteiger partial charge in [0.15, 0.2) is 0 Å². The molecule has 1 aromatic heterocycles. The van der Waals surface area contributed by atoms with Gasteiger partial charge in [0.1, 0.15) is 29.5 Å². The summed E-state index contributed by atoms with van der Waals surface area (Å²) >= 11 is 0. The van der Waals surface area contributed by atoms with Gasteiger partial charge in [-0.3, -0.25) is 19.1 Å². The van der Waals surface area contributed by atoms with E-state index in [2.05, 4.69) is 20.3 Å². The number of rotatable bonds is 7. The number of hydrogen-bond acceptors (Lipinski definition) is 9. The number of carbonyl (C=O) groups is 4. The van der Waals surface area contributed by atoms with Crippen LogP contribution in [-0.4, -0.2) is 89.4 Å². The molecule has 14 nitrogen and oxygen atoms in total. The van der Waals surface area contributed by atoms with Crippen LogP contribution in [0.1, 0.15) is 65.7 Å². The van der Waals surface area contributed by atoms with Gasteiger partial charge in [-0.25, -0.2) is 18.2 Å². The Morgan fingerprint density at radius 1 is 1.12 bits per heavy atom. The highest BCUT2D eigenvalue weighted by atomic mass is 32.2. The number of carboxylic acid groups (broad SMARTS) is 1. The Bertz CT molecular complexity index is 1830. The summed E-state index contributed by atoms with van der Waals surface area (Å²) in [7, 11) is -2.44. The minimum absolute atomic E-state index is 0.0127. The van der Waals surface area contributed by atoms with Crippen molar-refractivity contribution in [1.82, 2.24) is 25.2 Å². The lowest BCUT2D eigenvalue weighted by Gasteiger charge is -2.32. The quantitative estimate of drug-likeness (QED) is 0.310. The Balaban J connectivity index is 1.34. The van der Waals surface area contributed by atoms with E-state index in [-0.39, 0.29) is 31.2 Å². The zero-order valence-corrected chi connectivity index (χ0v) is 29.5. The topological polar surface area (TPSA) is 193 Å². The van der Waals surface area contributed by atoms with Gasteiger partial charge in [-0.05, 0) is 75.5 Å². The van der Waals surface area contributed by atoms with E-state index in [1.54, 1.807) is 32.4 Å². The normalized spacial score (nSPS) is 31.6. The fourth-order valence-electron chi connectivity index (χ4n) is 7.31. The average molecular weight is 712 g/mol. The van der Waals surface area contributed by atoms with E-state index in [0.717, 1.165) is 11.8 Å². The van der Waals surface area contributed by atoms with Crippen molar-refractivity contribution in [3.05, 3.63) is 42.6 Å². The first kappa shape index (κ1) is 35.4. The van der Waals surface area contributed by atoms with Crippen LogP contribution in [0.4, 0.5) is 4.79 Å². The van der Waals surface area contributed by atoms with E-state index >= 15 is 0 Å². The summed E-state index contributed by atoms with van der Waals surface area (Å²) < 4.78 is 39.2. The van der Waals surface area contributed by atoms with Crippen molar-refractivity contribution >= 4 is 44.6 Å². The van der Waals surface area contributed by atoms with Crippen molar-refractivity contribution < 1.29 is 42.2 Å². The van der Waals surface area contributed by atoms with E-state index in [1.807, 2.05) is 38.1 Å². The van der Waals surface area contributed by atoms with Gasteiger partial charge in [-0.1, -0.05) is 32.1 Å². The predicted octanol–water partition coefficient (Wildman–Crippen LogP) is 3.11. The number of nitrogens with zero attached hydrogens (tertiary/aromatic N) is 2. The third-order valence-corrected chi connectivity index (χ3v) is 12.9. The second-order valence-electron chi connectivity index (χ2n) is 14.6. The summed E-state index contributed by atoms with van der Waals surface area (Å²) in [5.41, 5.74) is -1.54. The molecule has 7 atom stereocenters. The number of fused-ring (bicyclic) bond motifs is 3. The number of amides is 4. The van der Waals surface area contributed by atoms with Crippen molar-refractivity contribution in [2.75, 3.05) is 13.7 Å². The third-order valence-electron chi connectivity index (χ3n) is 10.8. The third kappa shape index (κ3) is 6.83. The monoisotopic (exact) mass is 711 g/mol. The second kappa shape index (κ2) is 13.4. The maximum absolute atomic E-state index is 14.3. The molecule has 0 spiro atoms. The maximum Gasteiger partial charge on any atom is 0.405 e. The highest BCUT2D eigenvalue weighted by Crippen LogP contribution is 2.47. The molecule has 270 valence electrons. The number of aromatic nitrogens is 1. The standard InChI is InChI=1S/C35H45N5O9S/c1-20-8-5-6-9-22-18-35(22,32(43)39-50(46,47)34(3)13-14-34)38-29(41)26-17-23(19-40(26)31(42)28(21(2)16-20)37-33(44)45)49-30-25-10-7-11-27(48-4)24(25)12-15-36-30/h6-7,9-12,15,20-23,26,28,37H,5,8,13-14,16-19H2,1-4H3,(H,38,41)(H,39,43)(H,44,45)/b9-6-/t20-,21-,22-,23-,26+,28+,35-/m1/s1. The minimum Gasteiger partial charge on any atom is -0.496 e.